The number of fused-ring (bicyclic) bond motifs is 7. The Hall–Kier alpha value is -5.46. The lowest BCUT2D eigenvalue weighted by molar-refractivity contribution is 0.626. The predicted molar refractivity (Wildman–Crippen MR) is 207 cm³/mol. The van der Waals surface area contributed by atoms with Gasteiger partial charge in [-0.15, -0.1) is 0 Å². The molecule has 0 aromatic heterocycles. The standard InChI is InChI=1S/C49H38/c1-49(2)45-20-8-7-16-41(45)42-26-25-38(30-46(42)49)48-43-19-10-17-39(35-23-21-31-11-3-5-13-33(31)27-35)44(43)29-37-15-9-18-40(47(37)48)36-24-22-32-12-4-6-14-34(32)28-36/h3-22,24-28,30,35,44H,23,29H2,1-2H3. The van der Waals surface area contributed by atoms with Crippen LogP contribution in [-0.4, -0.2) is 0 Å². The summed E-state index contributed by atoms with van der Waals surface area (Å²) in [6, 6.07) is 47.9. The fourth-order valence-electron chi connectivity index (χ4n) is 9.36. The zero-order valence-corrected chi connectivity index (χ0v) is 28.1. The summed E-state index contributed by atoms with van der Waals surface area (Å²) in [7, 11) is 0. The van der Waals surface area contributed by atoms with Crippen LogP contribution in [-0.2, 0) is 11.8 Å². The average Bonchev–Trinajstić information content (AvgIpc) is 3.38. The Labute approximate surface area is 288 Å². The summed E-state index contributed by atoms with van der Waals surface area (Å²) in [5.74, 6) is 0.720. The van der Waals surface area contributed by atoms with E-state index in [-0.39, 0.29) is 5.41 Å². The van der Waals surface area contributed by atoms with Gasteiger partial charge in [0, 0.05) is 17.3 Å². The lowest BCUT2D eigenvalue weighted by atomic mass is 9.67. The first-order valence-electron chi connectivity index (χ1n) is 17.8. The quantitative estimate of drug-likeness (QED) is 0.183. The summed E-state index contributed by atoms with van der Waals surface area (Å²) < 4.78 is 0. The molecule has 0 spiro atoms. The molecular weight excluding hydrogens is 589 g/mol. The number of rotatable bonds is 3. The van der Waals surface area contributed by atoms with Crippen molar-refractivity contribution in [2.45, 2.75) is 32.1 Å². The highest BCUT2D eigenvalue weighted by Gasteiger charge is 2.38. The first-order valence-corrected chi connectivity index (χ1v) is 17.8. The van der Waals surface area contributed by atoms with Crippen molar-refractivity contribution in [1.82, 2.24) is 0 Å². The lowest BCUT2D eigenvalue weighted by Crippen LogP contribution is -2.31. The lowest BCUT2D eigenvalue weighted by Gasteiger charge is -2.37. The van der Waals surface area contributed by atoms with Crippen LogP contribution < -0.4 is 10.4 Å². The molecule has 0 heteroatoms. The van der Waals surface area contributed by atoms with E-state index >= 15 is 0 Å². The monoisotopic (exact) mass is 626 g/mol. The second kappa shape index (κ2) is 10.8. The summed E-state index contributed by atoms with van der Waals surface area (Å²) in [6.45, 7) is 4.79. The summed E-state index contributed by atoms with van der Waals surface area (Å²) in [5.41, 5.74) is 16.7. The maximum atomic E-state index is 2.53. The minimum absolute atomic E-state index is 0.0598. The summed E-state index contributed by atoms with van der Waals surface area (Å²) >= 11 is 0. The first-order chi connectivity index (χ1) is 24.0. The van der Waals surface area contributed by atoms with Crippen molar-refractivity contribution in [2.75, 3.05) is 0 Å². The largest absolute Gasteiger partial charge is 0.0758 e. The highest BCUT2D eigenvalue weighted by molar-refractivity contribution is 5.97. The van der Waals surface area contributed by atoms with E-state index in [1.165, 1.54) is 88.0 Å². The van der Waals surface area contributed by atoms with Crippen molar-refractivity contribution >= 4 is 28.5 Å². The predicted octanol–water partition coefficient (Wildman–Crippen LogP) is 10.6. The molecule has 6 aromatic carbocycles. The fraction of sp³-hybridized carbons (Fsp3) is 0.143. The number of benzene rings is 6. The van der Waals surface area contributed by atoms with Crippen molar-refractivity contribution in [1.29, 1.82) is 0 Å². The van der Waals surface area contributed by atoms with Crippen LogP contribution in [0.2, 0.25) is 0 Å². The van der Waals surface area contributed by atoms with Crippen molar-refractivity contribution < 1.29 is 0 Å². The Bertz CT molecular complexity index is 2580. The molecule has 4 aliphatic rings. The number of allylic oxidation sites excluding steroid dienone is 5. The molecule has 0 nitrogen and oxygen atoms in total. The SMILES string of the molecule is CC1(C)c2ccccc2-c2ccc(C3=C4C=CC=C(C5C=c6ccccc6=CC5)C4Cc4cccc(-c5ccc6ccccc6c5)c43)cc21. The third-order valence-electron chi connectivity index (χ3n) is 11.8. The molecule has 0 saturated carbocycles. The molecule has 0 amide bonds. The van der Waals surface area contributed by atoms with Gasteiger partial charge in [-0.1, -0.05) is 165 Å². The normalized spacial score (nSPS) is 19.5. The van der Waals surface area contributed by atoms with E-state index < -0.39 is 0 Å². The van der Waals surface area contributed by atoms with E-state index in [9.17, 15) is 0 Å². The molecule has 0 N–H and O–H groups in total. The molecule has 0 saturated heterocycles. The van der Waals surface area contributed by atoms with E-state index in [4.69, 9.17) is 0 Å². The molecule has 234 valence electrons. The molecule has 0 fully saturated rings. The topological polar surface area (TPSA) is 0 Å². The Morgan fingerprint density at radius 3 is 2.29 bits per heavy atom. The molecule has 49 heavy (non-hydrogen) atoms. The van der Waals surface area contributed by atoms with Crippen LogP contribution in [0, 0.1) is 11.8 Å². The van der Waals surface area contributed by atoms with Crippen LogP contribution in [0.25, 0.3) is 50.8 Å². The summed E-state index contributed by atoms with van der Waals surface area (Å²) in [6.07, 6.45) is 14.2. The molecular formula is C49H38. The maximum absolute atomic E-state index is 2.53. The van der Waals surface area contributed by atoms with Gasteiger partial charge in [0.15, 0.2) is 0 Å². The van der Waals surface area contributed by atoms with Gasteiger partial charge in [0.25, 0.3) is 0 Å². The van der Waals surface area contributed by atoms with Gasteiger partial charge in [-0.2, -0.15) is 0 Å². The molecule has 0 heterocycles. The zero-order valence-electron chi connectivity index (χ0n) is 28.1. The van der Waals surface area contributed by atoms with E-state index in [2.05, 4.69) is 172 Å². The Morgan fingerprint density at radius 2 is 1.37 bits per heavy atom. The molecule has 0 bridgehead atoms. The molecule has 10 rings (SSSR count). The molecule has 6 aromatic rings. The second-order valence-corrected chi connectivity index (χ2v) is 14.8. The molecule has 2 atom stereocenters. The van der Waals surface area contributed by atoms with Crippen LogP contribution in [0.5, 0.6) is 0 Å². The molecule has 0 aliphatic heterocycles. The smallest absolute Gasteiger partial charge is 0.0159 e. The van der Waals surface area contributed by atoms with E-state index in [1.54, 1.807) is 0 Å². The van der Waals surface area contributed by atoms with Gasteiger partial charge < -0.3 is 0 Å². The summed E-state index contributed by atoms with van der Waals surface area (Å²) in [4.78, 5) is 0. The summed E-state index contributed by atoms with van der Waals surface area (Å²) in [5, 5.41) is 5.28. The van der Waals surface area contributed by atoms with Gasteiger partial charge in [0.1, 0.15) is 0 Å². The van der Waals surface area contributed by atoms with Crippen molar-refractivity contribution in [2.24, 2.45) is 11.8 Å². The van der Waals surface area contributed by atoms with Gasteiger partial charge >= 0.3 is 0 Å². The first kappa shape index (κ1) is 28.5. The molecule has 4 aliphatic carbocycles. The van der Waals surface area contributed by atoms with Gasteiger partial charge in [-0.3, -0.25) is 0 Å². The number of hydrogen-bond donors (Lipinski definition) is 0. The average molecular weight is 627 g/mol. The highest BCUT2D eigenvalue weighted by atomic mass is 14.4. The number of hydrogen-bond acceptors (Lipinski definition) is 0. The van der Waals surface area contributed by atoms with Crippen LogP contribution in [0.1, 0.15) is 48.1 Å². The molecule has 2 unspecified atom stereocenters. The minimum Gasteiger partial charge on any atom is -0.0758 e. The van der Waals surface area contributed by atoms with Crippen molar-refractivity contribution in [3.05, 3.63) is 195 Å². The third kappa shape index (κ3) is 4.37. The van der Waals surface area contributed by atoms with Crippen LogP contribution in [0.4, 0.5) is 0 Å². The minimum atomic E-state index is -0.0598. The fourth-order valence-corrected chi connectivity index (χ4v) is 9.36. The van der Waals surface area contributed by atoms with E-state index in [0.717, 1.165) is 12.8 Å². The Balaban J connectivity index is 1.20. The highest BCUT2D eigenvalue weighted by Crippen LogP contribution is 2.53. The Kier molecular flexibility index (Phi) is 6.28. The van der Waals surface area contributed by atoms with Gasteiger partial charge in [0.2, 0.25) is 0 Å². The van der Waals surface area contributed by atoms with Gasteiger partial charge in [-0.25, -0.2) is 0 Å². The van der Waals surface area contributed by atoms with E-state index in [1.807, 2.05) is 0 Å². The van der Waals surface area contributed by atoms with Gasteiger partial charge in [-0.05, 0) is 107 Å². The molecule has 0 radical (unpaired) electrons. The second-order valence-electron chi connectivity index (χ2n) is 14.8. The third-order valence-corrected chi connectivity index (χ3v) is 11.8. The van der Waals surface area contributed by atoms with Crippen molar-refractivity contribution in [3.8, 4) is 22.3 Å². The maximum Gasteiger partial charge on any atom is 0.0159 e. The Morgan fingerprint density at radius 1 is 0.612 bits per heavy atom. The van der Waals surface area contributed by atoms with Crippen LogP contribution in [0.15, 0.2) is 157 Å². The van der Waals surface area contributed by atoms with Crippen molar-refractivity contribution in [3.63, 3.8) is 0 Å². The van der Waals surface area contributed by atoms with Crippen LogP contribution >= 0.6 is 0 Å². The van der Waals surface area contributed by atoms with E-state index in [0.29, 0.717) is 11.8 Å². The van der Waals surface area contributed by atoms with Crippen LogP contribution in [0.3, 0.4) is 0 Å². The zero-order chi connectivity index (χ0) is 32.7. The van der Waals surface area contributed by atoms with Gasteiger partial charge in [0.05, 0.1) is 0 Å².